The van der Waals surface area contributed by atoms with Crippen LogP contribution in [0.4, 0.5) is 0 Å². The molecule has 0 saturated carbocycles. The minimum atomic E-state index is -0.975. The first-order chi connectivity index (χ1) is 21.3. The molecule has 0 aliphatic heterocycles. The largest absolute Gasteiger partial charge is 0.484 e. The van der Waals surface area contributed by atoms with Crippen LogP contribution in [0.1, 0.15) is 67.8 Å². The van der Waals surface area contributed by atoms with Gasteiger partial charge in [-0.2, -0.15) is 0 Å². The zero-order valence-corrected chi connectivity index (χ0v) is 26.1. The Morgan fingerprint density at radius 3 is 2.27 bits per heavy atom. The lowest BCUT2D eigenvalue weighted by molar-refractivity contribution is -0.150. The van der Waals surface area contributed by atoms with Crippen molar-refractivity contribution in [3.8, 4) is 5.75 Å². The average molecular weight is 605 g/mol. The summed E-state index contributed by atoms with van der Waals surface area (Å²) in [6.45, 7) is 5.69. The normalized spacial score (nSPS) is 15.9. The third kappa shape index (κ3) is 11.4. The number of carbonyl (C=O) groups is 2. The predicted octanol–water partition coefficient (Wildman–Crippen LogP) is 5.35. The molecular weight excluding hydrogens is 556 g/mol. The number of ether oxygens (including phenoxy) is 2. The molecule has 0 spiro atoms. The molecular formula is C36H48N2O6. The summed E-state index contributed by atoms with van der Waals surface area (Å²) in [5.41, 5.74) is 10.1. The molecule has 8 heteroatoms. The maximum atomic E-state index is 12.9. The highest BCUT2D eigenvalue weighted by Gasteiger charge is 2.26. The molecule has 0 unspecified atom stereocenters. The van der Waals surface area contributed by atoms with E-state index in [0.717, 1.165) is 43.4 Å². The van der Waals surface area contributed by atoms with Crippen LogP contribution in [-0.2, 0) is 33.6 Å². The van der Waals surface area contributed by atoms with E-state index >= 15 is 0 Å². The summed E-state index contributed by atoms with van der Waals surface area (Å²) in [6, 6.07) is 25.1. The van der Waals surface area contributed by atoms with Crippen molar-refractivity contribution in [2.24, 2.45) is 5.73 Å². The van der Waals surface area contributed by atoms with Crippen molar-refractivity contribution in [1.82, 2.24) is 4.90 Å². The number of nitrogens with zero attached hydrogens (tertiary/aromatic N) is 1. The number of carbonyl (C=O) groups excluding carboxylic acids is 1. The molecule has 0 aromatic heterocycles. The molecule has 1 aliphatic rings. The summed E-state index contributed by atoms with van der Waals surface area (Å²) in [6.07, 6.45) is 5.01. The standard InChI is InChI=1S/C27H37NO5.C9H11NO/c1-3-5-6-10-18-28(19-17-22-11-8-7-9-12-22)26(29)21-33-24-15-13-23(14-16-24)20-25(27(30)31)32-4-2;10-9-7-4-2-1-3-6(7)5-8(9)11/h7-9,11-16,25H,3-6,10,17-21H2,1-2H3,(H,30,31);1-4,8-9,11H,5,10H2/t25-;8-,9+/m00/s1. The molecule has 0 radical (unpaired) electrons. The topological polar surface area (TPSA) is 122 Å². The summed E-state index contributed by atoms with van der Waals surface area (Å²) in [5, 5.41) is 18.6. The van der Waals surface area contributed by atoms with Gasteiger partial charge in [0, 0.05) is 32.5 Å². The minimum absolute atomic E-state index is 0.0153. The van der Waals surface area contributed by atoms with Crippen molar-refractivity contribution in [1.29, 1.82) is 0 Å². The molecule has 8 nitrogen and oxygen atoms in total. The van der Waals surface area contributed by atoms with Gasteiger partial charge in [0.2, 0.25) is 0 Å². The number of rotatable bonds is 16. The fraction of sp³-hybridized carbons (Fsp3) is 0.444. The van der Waals surface area contributed by atoms with Gasteiger partial charge >= 0.3 is 5.97 Å². The predicted molar refractivity (Wildman–Crippen MR) is 173 cm³/mol. The Hall–Kier alpha value is -3.72. The number of hydrogen-bond acceptors (Lipinski definition) is 6. The molecule has 4 N–H and O–H groups in total. The van der Waals surface area contributed by atoms with Crippen LogP contribution in [0.3, 0.4) is 0 Å². The number of fused-ring (bicyclic) bond motifs is 1. The van der Waals surface area contributed by atoms with E-state index in [0.29, 0.717) is 25.3 Å². The van der Waals surface area contributed by atoms with Gasteiger partial charge in [0.15, 0.2) is 12.7 Å². The first-order valence-corrected chi connectivity index (χ1v) is 15.7. The second-order valence-corrected chi connectivity index (χ2v) is 11.1. The first kappa shape index (κ1) is 34.8. The number of carboxylic acid groups (broad SMARTS) is 1. The number of aliphatic hydroxyl groups is 1. The van der Waals surface area contributed by atoms with Crippen LogP contribution < -0.4 is 10.5 Å². The average Bonchev–Trinajstić information content (AvgIpc) is 3.33. The number of benzene rings is 3. The van der Waals surface area contributed by atoms with Gasteiger partial charge in [0.05, 0.1) is 12.1 Å². The molecule has 0 saturated heterocycles. The SMILES string of the molecule is CCCCCCN(CCc1ccccc1)C(=O)COc1ccc(C[C@H](OCC)C(=O)O)cc1.N[C@@H]1c2ccccc2C[C@@H]1O. The highest BCUT2D eigenvalue weighted by molar-refractivity contribution is 5.77. The van der Waals surface area contributed by atoms with E-state index in [2.05, 4.69) is 19.1 Å². The van der Waals surface area contributed by atoms with Crippen LogP contribution in [0, 0.1) is 0 Å². The van der Waals surface area contributed by atoms with E-state index in [-0.39, 0.29) is 31.1 Å². The van der Waals surface area contributed by atoms with E-state index in [1.165, 1.54) is 17.5 Å². The number of unbranched alkanes of at least 4 members (excludes halogenated alkanes) is 3. The zero-order valence-electron chi connectivity index (χ0n) is 26.1. The van der Waals surface area contributed by atoms with E-state index < -0.39 is 12.1 Å². The van der Waals surface area contributed by atoms with Crippen molar-refractivity contribution in [2.75, 3.05) is 26.3 Å². The van der Waals surface area contributed by atoms with E-state index in [9.17, 15) is 19.8 Å². The van der Waals surface area contributed by atoms with Crippen molar-refractivity contribution in [2.45, 2.75) is 77.0 Å². The van der Waals surface area contributed by atoms with Crippen molar-refractivity contribution in [3.05, 3.63) is 101 Å². The number of carboxylic acids is 1. The van der Waals surface area contributed by atoms with Crippen LogP contribution >= 0.6 is 0 Å². The quantitative estimate of drug-likeness (QED) is 0.188. The lowest BCUT2D eigenvalue weighted by Gasteiger charge is -2.23. The molecule has 1 amide bonds. The summed E-state index contributed by atoms with van der Waals surface area (Å²) >= 11 is 0. The van der Waals surface area contributed by atoms with E-state index in [4.69, 9.17) is 15.2 Å². The second-order valence-electron chi connectivity index (χ2n) is 11.1. The van der Waals surface area contributed by atoms with Gasteiger partial charge in [-0.15, -0.1) is 0 Å². The van der Waals surface area contributed by atoms with E-state index in [1.807, 2.05) is 59.5 Å². The smallest absolute Gasteiger partial charge is 0.333 e. The first-order valence-electron chi connectivity index (χ1n) is 15.7. The Morgan fingerprint density at radius 2 is 1.61 bits per heavy atom. The molecule has 0 fully saturated rings. The van der Waals surface area contributed by atoms with Crippen LogP contribution in [0.2, 0.25) is 0 Å². The van der Waals surface area contributed by atoms with Gasteiger partial charge in [0.25, 0.3) is 5.91 Å². The molecule has 0 heterocycles. The van der Waals surface area contributed by atoms with Crippen LogP contribution in [0.25, 0.3) is 0 Å². The molecule has 44 heavy (non-hydrogen) atoms. The summed E-state index contributed by atoms with van der Waals surface area (Å²) in [4.78, 5) is 26.0. The number of aliphatic hydroxyl groups excluding tert-OH is 1. The molecule has 4 rings (SSSR count). The Morgan fingerprint density at radius 1 is 0.909 bits per heavy atom. The number of amides is 1. The van der Waals surface area contributed by atoms with Gasteiger partial charge in [-0.05, 0) is 54.2 Å². The van der Waals surface area contributed by atoms with Gasteiger partial charge in [-0.1, -0.05) is 92.9 Å². The summed E-state index contributed by atoms with van der Waals surface area (Å²) < 4.78 is 11.0. The number of nitrogens with two attached hydrogens (primary N) is 1. The molecule has 3 aromatic rings. The third-order valence-corrected chi connectivity index (χ3v) is 7.76. The van der Waals surface area contributed by atoms with Gasteiger partial charge in [-0.25, -0.2) is 4.79 Å². The van der Waals surface area contributed by atoms with Crippen LogP contribution in [0.5, 0.6) is 5.75 Å². The lowest BCUT2D eigenvalue weighted by Crippen LogP contribution is -2.37. The van der Waals surface area contributed by atoms with Crippen LogP contribution in [0.15, 0.2) is 78.9 Å². The Balaban J connectivity index is 0.000000397. The Bertz CT molecular complexity index is 1270. The lowest BCUT2D eigenvalue weighted by atomic mass is 10.1. The van der Waals surface area contributed by atoms with Gasteiger partial charge < -0.3 is 30.3 Å². The molecule has 1 aliphatic carbocycles. The van der Waals surface area contributed by atoms with Crippen molar-refractivity contribution < 1.29 is 29.3 Å². The number of aliphatic carboxylic acids is 1. The van der Waals surface area contributed by atoms with Crippen molar-refractivity contribution in [3.63, 3.8) is 0 Å². The second kappa shape index (κ2) is 18.8. The molecule has 3 aromatic carbocycles. The van der Waals surface area contributed by atoms with Gasteiger partial charge in [-0.3, -0.25) is 4.79 Å². The van der Waals surface area contributed by atoms with E-state index in [1.54, 1.807) is 19.1 Å². The zero-order chi connectivity index (χ0) is 31.7. The Labute approximate surface area is 261 Å². The molecule has 3 atom stereocenters. The van der Waals surface area contributed by atoms with Crippen molar-refractivity contribution >= 4 is 11.9 Å². The molecule has 238 valence electrons. The third-order valence-electron chi connectivity index (χ3n) is 7.76. The molecule has 0 bridgehead atoms. The summed E-state index contributed by atoms with van der Waals surface area (Å²) in [7, 11) is 0. The maximum Gasteiger partial charge on any atom is 0.333 e. The van der Waals surface area contributed by atoms with Gasteiger partial charge in [0.1, 0.15) is 5.75 Å². The number of hydrogen-bond donors (Lipinski definition) is 3. The fourth-order valence-electron chi connectivity index (χ4n) is 5.20. The monoisotopic (exact) mass is 604 g/mol. The highest BCUT2D eigenvalue weighted by atomic mass is 16.5. The summed E-state index contributed by atoms with van der Waals surface area (Å²) in [5.74, 6) is -0.407. The van der Waals surface area contributed by atoms with Crippen LogP contribution in [-0.4, -0.2) is 65.5 Å². The fourth-order valence-corrected chi connectivity index (χ4v) is 5.20. The Kier molecular flexibility index (Phi) is 14.9. The maximum absolute atomic E-state index is 12.9. The highest BCUT2D eigenvalue weighted by Crippen LogP contribution is 2.28. The minimum Gasteiger partial charge on any atom is -0.484 e.